The molecule has 0 aromatic heterocycles. The Kier molecular flexibility index (Phi) is 5.65. The topological polar surface area (TPSA) is 66.8 Å². The largest absolute Gasteiger partial charge is 0.481 e. The van der Waals surface area contributed by atoms with E-state index in [-0.39, 0.29) is 18.7 Å². The second-order valence-corrected chi connectivity index (χ2v) is 5.54. The standard InChI is InChI=1S/C16H19F2NO4/c1-23-8-2-7-19-14(20)6-4-11(16(21)22)15(19)10-3-5-12(17)13(18)9-10/h3,5,9,11,15H,2,4,6-8H2,1H3,(H,21,22). The number of methoxy groups -OCH3 is 1. The van der Waals surface area contributed by atoms with E-state index >= 15 is 0 Å². The van der Waals surface area contributed by atoms with Crippen molar-refractivity contribution in [2.75, 3.05) is 20.3 Å². The summed E-state index contributed by atoms with van der Waals surface area (Å²) in [5.41, 5.74) is 0.293. The van der Waals surface area contributed by atoms with Crippen molar-refractivity contribution in [3.8, 4) is 0 Å². The first-order valence-electron chi connectivity index (χ1n) is 7.42. The second-order valence-electron chi connectivity index (χ2n) is 5.54. The SMILES string of the molecule is COCCCN1C(=O)CCC(C(=O)O)C1c1ccc(F)c(F)c1. The van der Waals surface area contributed by atoms with Crippen LogP contribution in [0.4, 0.5) is 8.78 Å². The first kappa shape index (κ1) is 17.3. The van der Waals surface area contributed by atoms with Crippen LogP contribution in [0.5, 0.6) is 0 Å². The summed E-state index contributed by atoms with van der Waals surface area (Å²) >= 11 is 0. The van der Waals surface area contributed by atoms with Crippen LogP contribution >= 0.6 is 0 Å². The van der Waals surface area contributed by atoms with Gasteiger partial charge in [0.25, 0.3) is 0 Å². The van der Waals surface area contributed by atoms with Crippen molar-refractivity contribution in [3.63, 3.8) is 0 Å². The highest BCUT2D eigenvalue weighted by atomic mass is 19.2. The van der Waals surface area contributed by atoms with Gasteiger partial charge in [0.2, 0.25) is 5.91 Å². The number of amides is 1. The molecule has 1 N–H and O–H groups in total. The fraction of sp³-hybridized carbons (Fsp3) is 0.500. The van der Waals surface area contributed by atoms with Crippen LogP contribution in [0.15, 0.2) is 18.2 Å². The van der Waals surface area contributed by atoms with Crippen molar-refractivity contribution in [2.24, 2.45) is 5.92 Å². The number of benzene rings is 1. The average Bonchev–Trinajstić information content (AvgIpc) is 2.51. The Hall–Kier alpha value is -2.02. The van der Waals surface area contributed by atoms with Gasteiger partial charge in [-0.25, -0.2) is 8.78 Å². The highest BCUT2D eigenvalue weighted by Crippen LogP contribution is 2.37. The van der Waals surface area contributed by atoms with E-state index in [1.807, 2.05) is 0 Å². The molecular weight excluding hydrogens is 308 g/mol. The van der Waals surface area contributed by atoms with E-state index in [9.17, 15) is 23.5 Å². The summed E-state index contributed by atoms with van der Waals surface area (Å²) in [4.78, 5) is 25.2. The van der Waals surface area contributed by atoms with Crippen molar-refractivity contribution in [3.05, 3.63) is 35.4 Å². The molecule has 0 radical (unpaired) electrons. The number of carbonyl (C=O) groups excluding carboxylic acids is 1. The van der Waals surface area contributed by atoms with Crippen LogP contribution in [-0.4, -0.2) is 42.1 Å². The number of carbonyl (C=O) groups is 2. The molecule has 0 aliphatic carbocycles. The minimum Gasteiger partial charge on any atom is -0.481 e. The fourth-order valence-electron chi connectivity index (χ4n) is 2.96. The lowest BCUT2D eigenvalue weighted by Gasteiger charge is -2.40. The predicted molar refractivity (Wildman–Crippen MR) is 77.7 cm³/mol. The van der Waals surface area contributed by atoms with E-state index in [4.69, 9.17) is 4.74 Å². The zero-order valence-corrected chi connectivity index (χ0v) is 12.8. The van der Waals surface area contributed by atoms with Crippen LogP contribution in [0.3, 0.4) is 0 Å². The van der Waals surface area contributed by atoms with Crippen LogP contribution in [0, 0.1) is 17.6 Å². The van der Waals surface area contributed by atoms with Gasteiger partial charge in [0.1, 0.15) is 0 Å². The summed E-state index contributed by atoms with van der Waals surface area (Å²) in [5, 5.41) is 9.44. The molecule has 1 aliphatic rings. The summed E-state index contributed by atoms with van der Waals surface area (Å²) in [5.74, 6) is -4.15. The maximum atomic E-state index is 13.5. The maximum absolute atomic E-state index is 13.5. The van der Waals surface area contributed by atoms with Crippen molar-refractivity contribution >= 4 is 11.9 Å². The Bertz CT molecular complexity index is 593. The second kappa shape index (κ2) is 7.50. The third-order valence-electron chi connectivity index (χ3n) is 4.06. The van der Waals surface area contributed by atoms with Gasteiger partial charge in [-0.1, -0.05) is 6.07 Å². The van der Waals surface area contributed by atoms with Crippen molar-refractivity contribution in [2.45, 2.75) is 25.3 Å². The van der Waals surface area contributed by atoms with Crippen molar-refractivity contribution in [1.29, 1.82) is 0 Å². The minimum atomic E-state index is -1.05. The van der Waals surface area contributed by atoms with Crippen molar-refractivity contribution < 1.29 is 28.2 Å². The molecule has 1 fully saturated rings. The molecule has 1 saturated heterocycles. The molecule has 1 aromatic rings. The third-order valence-corrected chi connectivity index (χ3v) is 4.06. The number of halogens is 2. The number of hydrogen-bond acceptors (Lipinski definition) is 3. The number of carboxylic acid groups (broad SMARTS) is 1. The van der Waals surface area contributed by atoms with Crippen molar-refractivity contribution in [1.82, 2.24) is 4.90 Å². The number of hydrogen-bond donors (Lipinski definition) is 1. The van der Waals surface area contributed by atoms with Crippen LogP contribution in [0.25, 0.3) is 0 Å². The first-order valence-corrected chi connectivity index (χ1v) is 7.42. The lowest BCUT2D eigenvalue weighted by molar-refractivity contribution is -0.152. The Morgan fingerprint density at radius 2 is 2.13 bits per heavy atom. The Morgan fingerprint density at radius 1 is 1.39 bits per heavy atom. The zero-order chi connectivity index (χ0) is 17.0. The van der Waals surface area contributed by atoms with Gasteiger partial charge in [-0.3, -0.25) is 9.59 Å². The maximum Gasteiger partial charge on any atom is 0.308 e. The number of rotatable bonds is 6. The van der Waals surface area contributed by atoms with Gasteiger partial charge < -0.3 is 14.7 Å². The molecule has 23 heavy (non-hydrogen) atoms. The average molecular weight is 327 g/mol. The van der Waals surface area contributed by atoms with E-state index < -0.39 is 29.6 Å². The zero-order valence-electron chi connectivity index (χ0n) is 12.8. The number of piperidine rings is 1. The minimum absolute atomic E-state index is 0.129. The van der Waals surface area contributed by atoms with Crippen LogP contribution in [0.1, 0.15) is 30.9 Å². The highest BCUT2D eigenvalue weighted by molar-refractivity contribution is 5.81. The lowest BCUT2D eigenvalue weighted by Crippen LogP contribution is -2.46. The lowest BCUT2D eigenvalue weighted by atomic mass is 9.84. The number of ether oxygens (including phenoxy) is 1. The monoisotopic (exact) mass is 327 g/mol. The first-order chi connectivity index (χ1) is 11.0. The molecule has 1 heterocycles. The van der Waals surface area contributed by atoms with Gasteiger partial charge in [0, 0.05) is 26.7 Å². The molecule has 1 aliphatic heterocycles. The summed E-state index contributed by atoms with van der Waals surface area (Å²) in [6.07, 6.45) is 0.845. The van der Waals surface area contributed by atoms with E-state index in [1.165, 1.54) is 18.1 Å². The van der Waals surface area contributed by atoms with E-state index in [0.29, 0.717) is 25.1 Å². The van der Waals surface area contributed by atoms with Crippen LogP contribution < -0.4 is 0 Å². The number of aliphatic carboxylic acids is 1. The van der Waals surface area contributed by atoms with Gasteiger partial charge >= 0.3 is 5.97 Å². The molecule has 5 nitrogen and oxygen atoms in total. The normalized spacial score (nSPS) is 21.5. The summed E-state index contributed by atoms with van der Waals surface area (Å²) < 4.78 is 31.7. The predicted octanol–water partition coefficient (Wildman–Crippen LogP) is 2.37. The van der Waals surface area contributed by atoms with E-state index in [2.05, 4.69) is 0 Å². The van der Waals surface area contributed by atoms with Crippen LogP contribution in [0.2, 0.25) is 0 Å². The highest BCUT2D eigenvalue weighted by Gasteiger charge is 2.40. The fourth-order valence-corrected chi connectivity index (χ4v) is 2.96. The molecule has 1 aromatic carbocycles. The van der Waals surface area contributed by atoms with Gasteiger partial charge in [-0.15, -0.1) is 0 Å². The van der Waals surface area contributed by atoms with Gasteiger partial charge in [-0.05, 0) is 30.5 Å². The molecule has 2 rings (SSSR count). The van der Waals surface area contributed by atoms with E-state index in [1.54, 1.807) is 0 Å². The molecule has 126 valence electrons. The molecule has 0 bridgehead atoms. The Labute approximate surface area is 132 Å². The molecular formula is C16H19F2NO4. The molecule has 1 amide bonds. The molecule has 7 heteroatoms. The Morgan fingerprint density at radius 3 is 2.74 bits per heavy atom. The Balaban J connectivity index is 2.36. The molecule has 2 unspecified atom stereocenters. The number of nitrogens with zero attached hydrogens (tertiary/aromatic N) is 1. The van der Waals surface area contributed by atoms with Gasteiger partial charge in [0.15, 0.2) is 11.6 Å². The third kappa shape index (κ3) is 3.85. The van der Waals surface area contributed by atoms with E-state index in [0.717, 1.165) is 12.1 Å². The number of likely N-dealkylation sites (tertiary alicyclic amines) is 1. The van der Waals surface area contributed by atoms with Gasteiger partial charge in [-0.2, -0.15) is 0 Å². The summed E-state index contributed by atoms with van der Waals surface area (Å²) in [7, 11) is 1.53. The molecule has 0 saturated carbocycles. The quantitative estimate of drug-likeness (QED) is 0.815. The van der Waals surface area contributed by atoms with Crippen LogP contribution in [-0.2, 0) is 14.3 Å². The number of carboxylic acids is 1. The molecule has 0 spiro atoms. The smallest absolute Gasteiger partial charge is 0.308 e. The summed E-state index contributed by atoms with van der Waals surface area (Å²) in [6.45, 7) is 0.728. The summed E-state index contributed by atoms with van der Waals surface area (Å²) in [6, 6.07) is 2.45. The molecule has 2 atom stereocenters. The van der Waals surface area contributed by atoms with Gasteiger partial charge in [0.05, 0.1) is 12.0 Å².